The molecular formula is C19H24ClFN3O+. The molecule has 6 heteroatoms. The van der Waals surface area contributed by atoms with Crippen molar-refractivity contribution in [3.63, 3.8) is 0 Å². The van der Waals surface area contributed by atoms with E-state index in [0.717, 1.165) is 37.3 Å². The second-order valence-corrected chi connectivity index (χ2v) is 7.06. The molecule has 0 bridgehead atoms. The Morgan fingerprint density at radius 2 is 2.28 bits per heavy atom. The second kappa shape index (κ2) is 8.13. The van der Waals surface area contributed by atoms with E-state index in [4.69, 9.17) is 11.6 Å². The third-order valence-electron chi connectivity index (χ3n) is 5.09. The lowest BCUT2D eigenvalue weighted by atomic mass is 9.94. The Morgan fingerprint density at radius 1 is 1.44 bits per heavy atom. The molecular weight excluding hydrogens is 341 g/mol. The smallest absolute Gasteiger partial charge is 0.141 e. The highest BCUT2D eigenvalue weighted by molar-refractivity contribution is 6.31. The van der Waals surface area contributed by atoms with Crippen molar-refractivity contribution in [2.24, 2.45) is 5.92 Å². The molecule has 4 nitrogen and oxygen atoms in total. The maximum Gasteiger partial charge on any atom is 0.141 e. The number of hydrogen-bond acceptors (Lipinski definition) is 3. The van der Waals surface area contributed by atoms with E-state index in [-0.39, 0.29) is 10.9 Å². The fourth-order valence-corrected chi connectivity index (χ4v) is 3.87. The Morgan fingerprint density at radius 3 is 2.96 bits per heavy atom. The third kappa shape index (κ3) is 4.29. The number of aliphatic hydroxyl groups excluding tert-OH is 1. The van der Waals surface area contributed by atoms with Crippen LogP contribution in [0.25, 0.3) is 0 Å². The lowest BCUT2D eigenvalue weighted by molar-refractivity contribution is -0.910. The summed E-state index contributed by atoms with van der Waals surface area (Å²) in [5, 5.41) is 14.1. The van der Waals surface area contributed by atoms with Crippen LogP contribution in [-0.2, 0) is 0 Å². The first kappa shape index (κ1) is 18.1. The van der Waals surface area contributed by atoms with Gasteiger partial charge < -0.3 is 15.3 Å². The second-order valence-electron chi connectivity index (χ2n) is 6.65. The van der Waals surface area contributed by atoms with Crippen LogP contribution in [0.15, 0.2) is 42.7 Å². The summed E-state index contributed by atoms with van der Waals surface area (Å²) in [6.45, 7) is 4.87. The van der Waals surface area contributed by atoms with Crippen LogP contribution in [-0.4, -0.2) is 35.8 Å². The minimum absolute atomic E-state index is 0.126. The van der Waals surface area contributed by atoms with Crippen LogP contribution >= 0.6 is 11.6 Å². The van der Waals surface area contributed by atoms with Crippen molar-refractivity contribution in [3.05, 3.63) is 59.1 Å². The molecule has 0 aliphatic carbocycles. The Balaban J connectivity index is 1.62. The van der Waals surface area contributed by atoms with Crippen LogP contribution in [0.1, 0.15) is 25.0 Å². The van der Waals surface area contributed by atoms with E-state index in [2.05, 4.69) is 17.2 Å². The predicted molar refractivity (Wildman–Crippen MR) is 97.4 cm³/mol. The topological polar surface area (TPSA) is 49.6 Å². The molecule has 1 aliphatic heterocycles. The number of likely N-dealkylation sites (tertiary alicyclic amines) is 1. The number of aromatic nitrogens is 1. The van der Waals surface area contributed by atoms with Gasteiger partial charge in [-0.15, -0.1) is 0 Å². The van der Waals surface area contributed by atoms with Crippen LogP contribution in [0, 0.1) is 11.7 Å². The lowest BCUT2D eigenvalue weighted by Crippen LogP contribution is -3.14. The van der Waals surface area contributed by atoms with Crippen molar-refractivity contribution in [1.82, 2.24) is 4.98 Å². The van der Waals surface area contributed by atoms with Crippen molar-refractivity contribution in [2.45, 2.75) is 25.5 Å². The quantitative estimate of drug-likeness (QED) is 0.737. The van der Waals surface area contributed by atoms with E-state index in [1.807, 2.05) is 12.1 Å². The lowest BCUT2D eigenvalue weighted by Gasteiger charge is -2.20. The van der Waals surface area contributed by atoms with E-state index in [1.54, 1.807) is 24.5 Å². The van der Waals surface area contributed by atoms with Gasteiger partial charge in [0.25, 0.3) is 0 Å². The molecule has 1 saturated heterocycles. The molecule has 25 heavy (non-hydrogen) atoms. The molecule has 4 atom stereocenters. The summed E-state index contributed by atoms with van der Waals surface area (Å²) < 4.78 is 13.3. The summed E-state index contributed by atoms with van der Waals surface area (Å²) in [5.74, 6) is -0.198. The number of halogens is 2. The van der Waals surface area contributed by atoms with Gasteiger partial charge >= 0.3 is 0 Å². The minimum atomic E-state index is -0.486. The van der Waals surface area contributed by atoms with E-state index in [9.17, 15) is 9.50 Å². The minimum Gasteiger partial charge on any atom is -0.388 e. The fraction of sp³-hybridized carbons (Fsp3) is 0.421. The molecule has 4 unspecified atom stereocenters. The maximum atomic E-state index is 13.3. The first-order chi connectivity index (χ1) is 12.1. The first-order valence-electron chi connectivity index (χ1n) is 8.70. The van der Waals surface area contributed by atoms with E-state index >= 15 is 0 Å². The maximum absolute atomic E-state index is 13.3. The van der Waals surface area contributed by atoms with Crippen LogP contribution < -0.4 is 10.2 Å². The third-order valence-corrected chi connectivity index (χ3v) is 5.38. The van der Waals surface area contributed by atoms with Crippen molar-refractivity contribution in [1.29, 1.82) is 0 Å². The molecule has 1 aliphatic rings. The molecule has 3 N–H and O–H groups in total. The van der Waals surface area contributed by atoms with Crippen LogP contribution in [0.2, 0.25) is 5.02 Å². The Hall–Kier alpha value is -1.69. The Labute approximate surface area is 152 Å². The van der Waals surface area contributed by atoms with Gasteiger partial charge in [0.1, 0.15) is 11.9 Å². The van der Waals surface area contributed by atoms with E-state index in [1.165, 1.54) is 11.0 Å². The summed E-state index contributed by atoms with van der Waals surface area (Å²) in [6.07, 6.45) is 3.90. The van der Waals surface area contributed by atoms with Crippen LogP contribution in [0.3, 0.4) is 0 Å². The highest BCUT2D eigenvalue weighted by Crippen LogP contribution is 2.27. The van der Waals surface area contributed by atoms with Crippen molar-refractivity contribution < 1.29 is 14.4 Å². The first-order valence-corrected chi connectivity index (χ1v) is 9.07. The predicted octanol–water partition coefficient (Wildman–Crippen LogP) is 2.31. The summed E-state index contributed by atoms with van der Waals surface area (Å²) in [5.41, 5.74) is 1.69. The average molecular weight is 365 g/mol. The van der Waals surface area contributed by atoms with Crippen molar-refractivity contribution in [2.75, 3.05) is 25.0 Å². The van der Waals surface area contributed by atoms with Crippen molar-refractivity contribution in [3.8, 4) is 0 Å². The van der Waals surface area contributed by atoms with Gasteiger partial charge in [-0.2, -0.15) is 0 Å². The number of aliphatic hydroxyl groups is 1. The van der Waals surface area contributed by atoms with Gasteiger partial charge in [0, 0.05) is 30.4 Å². The molecule has 0 amide bonds. The standard InChI is InChI=1S/C19H23ClFN3O/c1-2-24-12-14(19(25)13-4-3-7-22-10-13)8-16(24)11-23-15-5-6-18(21)17(20)9-15/h3-7,9-10,14,16,19,23,25H,2,8,11-12H2,1H3/p+1. The van der Waals surface area contributed by atoms with Gasteiger partial charge in [-0.3, -0.25) is 4.98 Å². The summed E-state index contributed by atoms with van der Waals surface area (Å²) >= 11 is 5.84. The number of nitrogens with zero attached hydrogens (tertiary/aromatic N) is 1. The van der Waals surface area contributed by atoms with Crippen molar-refractivity contribution >= 4 is 17.3 Å². The summed E-state index contributed by atoms with van der Waals surface area (Å²) in [4.78, 5) is 5.57. The van der Waals surface area contributed by atoms with E-state index < -0.39 is 11.9 Å². The number of anilines is 1. The molecule has 1 fully saturated rings. The van der Waals surface area contributed by atoms with Gasteiger partial charge in [0.05, 0.1) is 30.8 Å². The number of quaternary nitrogens is 1. The normalized spacial score (nSPS) is 24.2. The van der Waals surface area contributed by atoms with E-state index in [0.29, 0.717) is 6.04 Å². The van der Waals surface area contributed by atoms with Gasteiger partial charge in [0.2, 0.25) is 0 Å². The molecule has 2 aromatic rings. The highest BCUT2D eigenvalue weighted by atomic mass is 35.5. The molecule has 0 spiro atoms. The van der Waals surface area contributed by atoms with Crippen LogP contribution in [0.5, 0.6) is 0 Å². The average Bonchev–Trinajstić information content (AvgIpc) is 3.06. The molecule has 1 aromatic carbocycles. The van der Waals surface area contributed by atoms with Gasteiger partial charge in [0.15, 0.2) is 0 Å². The highest BCUT2D eigenvalue weighted by Gasteiger charge is 2.39. The molecule has 1 aromatic heterocycles. The monoisotopic (exact) mass is 364 g/mol. The summed E-state index contributed by atoms with van der Waals surface area (Å²) in [7, 11) is 0. The number of nitrogens with one attached hydrogen (secondary N) is 2. The van der Waals surface area contributed by atoms with Gasteiger partial charge in [-0.25, -0.2) is 4.39 Å². The van der Waals surface area contributed by atoms with Gasteiger partial charge in [-0.05, 0) is 36.8 Å². The SMILES string of the molecule is CC[NH+]1CC(C(O)c2cccnc2)CC1CNc1ccc(F)c(Cl)c1. The molecule has 0 saturated carbocycles. The Kier molecular flexibility index (Phi) is 5.89. The summed E-state index contributed by atoms with van der Waals surface area (Å²) in [6, 6.07) is 8.86. The number of pyridine rings is 1. The molecule has 3 rings (SSSR count). The zero-order valence-electron chi connectivity index (χ0n) is 14.3. The van der Waals surface area contributed by atoms with Gasteiger partial charge in [-0.1, -0.05) is 17.7 Å². The number of likely N-dealkylation sites (N-methyl/N-ethyl adjacent to an activating group) is 1. The molecule has 2 heterocycles. The zero-order valence-corrected chi connectivity index (χ0v) is 15.0. The fourth-order valence-electron chi connectivity index (χ4n) is 3.69. The molecule has 134 valence electrons. The number of rotatable bonds is 6. The molecule has 0 radical (unpaired) electrons. The Bertz CT molecular complexity index is 700. The largest absolute Gasteiger partial charge is 0.388 e. The van der Waals surface area contributed by atoms with Crippen LogP contribution in [0.4, 0.5) is 10.1 Å². The number of hydrogen-bond donors (Lipinski definition) is 3. The number of benzene rings is 1. The zero-order chi connectivity index (χ0) is 17.8.